The van der Waals surface area contributed by atoms with Gasteiger partial charge in [-0.1, -0.05) is 12.1 Å². The predicted octanol–water partition coefficient (Wildman–Crippen LogP) is 3.25. The monoisotopic (exact) mass is 251 g/mol. The molecule has 1 N–H and O–H groups in total. The van der Waals surface area contributed by atoms with Gasteiger partial charge in [0.2, 0.25) is 0 Å². The average molecular weight is 252 g/mol. The molecule has 1 heterocycles. The van der Waals surface area contributed by atoms with E-state index in [4.69, 9.17) is 20.8 Å². The van der Waals surface area contributed by atoms with Gasteiger partial charge in [-0.05, 0) is 42.4 Å². The van der Waals surface area contributed by atoms with E-state index in [1.54, 1.807) is 13.4 Å². The van der Waals surface area contributed by atoms with Gasteiger partial charge < -0.3 is 14.5 Å². The molecule has 1 atom stereocenters. The molecule has 2 aromatic rings. The molecule has 1 aromatic carbocycles. The van der Waals surface area contributed by atoms with Crippen LogP contribution < -0.4 is 10.1 Å². The van der Waals surface area contributed by atoms with Crippen molar-refractivity contribution in [1.82, 2.24) is 5.32 Å². The molecule has 3 nitrogen and oxygen atoms in total. The third-order valence-electron chi connectivity index (χ3n) is 2.69. The zero-order valence-electron chi connectivity index (χ0n) is 9.74. The molecule has 0 spiro atoms. The van der Waals surface area contributed by atoms with E-state index in [-0.39, 0.29) is 6.04 Å². The van der Waals surface area contributed by atoms with Crippen LogP contribution in [0.2, 0.25) is 5.22 Å². The summed E-state index contributed by atoms with van der Waals surface area (Å²) in [7, 11) is 3.54. The first kappa shape index (κ1) is 12.0. The Hall–Kier alpha value is -1.45. The van der Waals surface area contributed by atoms with Crippen LogP contribution in [0.4, 0.5) is 0 Å². The minimum absolute atomic E-state index is 0.0205. The summed E-state index contributed by atoms with van der Waals surface area (Å²) in [4.78, 5) is 0. The summed E-state index contributed by atoms with van der Waals surface area (Å²) >= 11 is 5.99. The van der Waals surface area contributed by atoms with Crippen LogP contribution in [0.5, 0.6) is 5.75 Å². The highest BCUT2D eigenvalue weighted by Crippen LogP contribution is 2.29. The summed E-state index contributed by atoms with van der Waals surface area (Å²) in [6, 6.07) is 9.74. The largest absolute Gasteiger partial charge is 0.497 e. The second-order valence-electron chi connectivity index (χ2n) is 3.64. The second kappa shape index (κ2) is 5.25. The smallest absolute Gasteiger partial charge is 0.198 e. The van der Waals surface area contributed by atoms with E-state index >= 15 is 0 Å². The van der Waals surface area contributed by atoms with Gasteiger partial charge in [0.05, 0.1) is 19.4 Å². The fraction of sp³-hybridized carbons (Fsp3) is 0.231. The Morgan fingerprint density at radius 2 is 1.94 bits per heavy atom. The summed E-state index contributed by atoms with van der Waals surface area (Å²) in [6.45, 7) is 0. The van der Waals surface area contributed by atoms with E-state index in [2.05, 4.69) is 5.32 Å². The molecule has 0 aliphatic heterocycles. The van der Waals surface area contributed by atoms with Crippen LogP contribution in [-0.4, -0.2) is 14.2 Å². The number of rotatable bonds is 4. The van der Waals surface area contributed by atoms with Crippen molar-refractivity contribution in [2.45, 2.75) is 6.04 Å². The first-order valence-corrected chi connectivity index (χ1v) is 5.68. The average Bonchev–Trinajstić information content (AvgIpc) is 2.78. The minimum Gasteiger partial charge on any atom is -0.497 e. The molecule has 90 valence electrons. The van der Waals surface area contributed by atoms with E-state index in [0.29, 0.717) is 5.22 Å². The SMILES string of the molecule is CNC(c1ccc(OC)cc1)c1ccoc1Cl. The Kier molecular flexibility index (Phi) is 3.71. The van der Waals surface area contributed by atoms with E-state index < -0.39 is 0 Å². The first-order chi connectivity index (χ1) is 8.26. The van der Waals surface area contributed by atoms with Gasteiger partial charge >= 0.3 is 0 Å². The maximum absolute atomic E-state index is 5.99. The van der Waals surface area contributed by atoms with Crippen LogP contribution in [0, 0.1) is 0 Å². The summed E-state index contributed by atoms with van der Waals surface area (Å²) < 4.78 is 10.2. The lowest BCUT2D eigenvalue weighted by molar-refractivity contribution is 0.414. The van der Waals surface area contributed by atoms with Gasteiger partial charge in [-0.3, -0.25) is 0 Å². The van der Waals surface area contributed by atoms with Gasteiger partial charge in [0.25, 0.3) is 0 Å². The first-order valence-electron chi connectivity index (χ1n) is 5.30. The fourth-order valence-corrected chi connectivity index (χ4v) is 2.03. The van der Waals surface area contributed by atoms with Crippen molar-refractivity contribution in [3.63, 3.8) is 0 Å². The number of hydrogen-bond acceptors (Lipinski definition) is 3. The maximum Gasteiger partial charge on any atom is 0.198 e. The quantitative estimate of drug-likeness (QED) is 0.906. The van der Waals surface area contributed by atoms with Gasteiger partial charge in [-0.2, -0.15) is 0 Å². The lowest BCUT2D eigenvalue weighted by atomic mass is 10.0. The third kappa shape index (κ3) is 2.46. The molecule has 1 unspecified atom stereocenters. The standard InChI is InChI=1S/C13H14ClNO2/c1-15-12(11-7-8-17-13(11)14)9-3-5-10(16-2)6-4-9/h3-8,12,15H,1-2H3. The molecule has 0 aliphatic carbocycles. The molecular weight excluding hydrogens is 238 g/mol. The molecular formula is C13H14ClNO2. The molecule has 0 radical (unpaired) electrons. The number of nitrogens with one attached hydrogen (secondary N) is 1. The molecule has 17 heavy (non-hydrogen) atoms. The Morgan fingerprint density at radius 3 is 2.41 bits per heavy atom. The van der Waals surface area contributed by atoms with Crippen molar-refractivity contribution >= 4 is 11.6 Å². The van der Waals surface area contributed by atoms with Gasteiger partial charge in [0, 0.05) is 5.56 Å². The number of hydrogen-bond donors (Lipinski definition) is 1. The minimum atomic E-state index is 0.0205. The van der Waals surface area contributed by atoms with Crippen molar-refractivity contribution in [3.8, 4) is 5.75 Å². The third-order valence-corrected chi connectivity index (χ3v) is 3.00. The molecule has 0 amide bonds. The van der Waals surface area contributed by atoms with Crippen LogP contribution in [-0.2, 0) is 0 Å². The topological polar surface area (TPSA) is 34.4 Å². The summed E-state index contributed by atoms with van der Waals surface area (Å²) in [5.41, 5.74) is 2.04. The van der Waals surface area contributed by atoms with Gasteiger partial charge in [0.15, 0.2) is 5.22 Å². The van der Waals surface area contributed by atoms with Crippen molar-refractivity contribution in [2.24, 2.45) is 0 Å². The number of halogens is 1. The summed E-state index contributed by atoms with van der Waals surface area (Å²) in [5, 5.41) is 3.63. The summed E-state index contributed by atoms with van der Waals surface area (Å²) in [6.07, 6.45) is 1.59. The van der Waals surface area contributed by atoms with Gasteiger partial charge in [-0.25, -0.2) is 0 Å². The number of benzene rings is 1. The molecule has 0 saturated carbocycles. The normalized spacial score (nSPS) is 12.4. The van der Waals surface area contributed by atoms with E-state index in [1.807, 2.05) is 37.4 Å². The molecule has 4 heteroatoms. The number of furan rings is 1. The number of ether oxygens (including phenoxy) is 1. The van der Waals surface area contributed by atoms with Crippen LogP contribution in [0.3, 0.4) is 0 Å². The lowest BCUT2D eigenvalue weighted by Crippen LogP contribution is -2.17. The Labute approximate surface area is 105 Å². The highest BCUT2D eigenvalue weighted by Gasteiger charge is 2.17. The molecule has 0 bridgehead atoms. The Balaban J connectivity index is 2.32. The summed E-state index contributed by atoms with van der Waals surface area (Å²) in [5.74, 6) is 0.835. The molecule has 0 saturated heterocycles. The van der Waals surface area contributed by atoms with Crippen LogP contribution in [0.15, 0.2) is 41.0 Å². The second-order valence-corrected chi connectivity index (χ2v) is 3.99. The van der Waals surface area contributed by atoms with Crippen molar-refractivity contribution in [2.75, 3.05) is 14.2 Å². The van der Waals surface area contributed by atoms with Crippen LogP contribution >= 0.6 is 11.6 Å². The van der Waals surface area contributed by atoms with Crippen LogP contribution in [0.25, 0.3) is 0 Å². The van der Waals surface area contributed by atoms with Crippen molar-refractivity contribution in [3.05, 3.63) is 52.9 Å². The van der Waals surface area contributed by atoms with Crippen LogP contribution in [0.1, 0.15) is 17.2 Å². The zero-order chi connectivity index (χ0) is 12.3. The van der Waals surface area contributed by atoms with Crippen molar-refractivity contribution in [1.29, 1.82) is 0 Å². The Bertz CT molecular complexity index is 478. The van der Waals surface area contributed by atoms with Gasteiger partial charge in [0.1, 0.15) is 5.75 Å². The molecule has 1 aromatic heterocycles. The fourth-order valence-electron chi connectivity index (χ4n) is 1.81. The van der Waals surface area contributed by atoms with E-state index in [9.17, 15) is 0 Å². The zero-order valence-corrected chi connectivity index (χ0v) is 10.5. The van der Waals surface area contributed by atoms with Gasteiger partial charge in [-0.15, -0.1) is 0 Å². The predicted molar refractivity (Wildman–Crippen MR) is 67.6 cm³/mol. The lowest BCUT2D eigenvalue weighted by Gasteiger charge is -2.15. The highest BCUT2D eigenvalue weighted by molar-refractivity contribution is 6.29. The molecule has 0 aliphatic rings. The van der Waals surface area contributed by atoms with Crippen molar-refractivity contribution < 1.29 is 9.15 Å². The maximum atomic E-state index is 5.99. The molecule has 2 rings (SSSR count). The molecule has 0 fully saturated rings. The Morgan fingerprint density at radius 1 is 1.24 bits per heavy atom. The van der Waals surface area contributed by atoms with E-state index in [0.717, 1.165) is 16.9 Å². The number of methoxy groups -OCH3 is 1. The highest BCUT2D eigenvalue weighted by atomic mass is 35.5. The van der Waals surface area contributed by atoms with E-state index in [1.165, 1.54) is 0 Å².